The van der Waals surface area contributed by atoms with Crippen molar-refractivity contribution < 1.29 is 29.4 Å². The third kappa shape index (κ3) is 4.70. The molecule has 0 spiro atoms. The van der Waals surface area contributed by atoms with Crippen LogP contribution in [0.3, 0.4) is 0 Å². The van der Waals surface area contributed by atoms with E-state index in [4.69, 9.17) is 21.7 Å². The zero-order valence-electron chi connectivity index (χ0n) is 18.6. The van der Waals surface area contributed by atoms with E-state index in [1.165, 1.54) is 21.5 Å². The minimum atomic E-state index is -1.15. The van der Waals surface area contributed by atoms with Crippen LogP contribution in [-0.2, 0) is 22.4 Å². The maximum atomic E-state index is 13.2. The van der Waals surface area contributed by atoms with E-state index in [1.54, 1.807) is 48.5 Å². The highest BCUT2D eigenvalue weighted by molar-refractivity contribution is 6.06. The smallest absolute Gasteiger partial charge is 0.320 e. The molecule has 0 aliphatic carbocycles. The number of hydrogen-bond acceptors (Lipinski definition) is 6. The van der Waals surface area contributed by atoms with Gasteiger partial charge in [0.1, 0.15) is 18.5 Å². The van der Waals surface area contributed by atoms with Gasteiger partial charge in [-0.1, -0.05) is 36.4 Å². The Morgan fingerprint density at radius 2 is 1.06 bits per heavy atom. The molecule has 35 heavy (non-hydrogen) atoms. The Morgan fingerprint density at radius 3 is 1.43 bits per heavy atom. The molecule has 2 unspecified atom stereocenters. The van der Waals surface area contributed by atoms with Gasteiger partial charge in [0.25, 0.3) is 0 Å². The van der Waals surface area contributed by atoms with Gasteiger partial charge in [-0.2, -0.15) is 0 Å². The molecule has 10 nitrogen and oxygen atoms in total. The molecule has 2 heterocycles. The third-order valence-electron chi connectivity index (χ3n) is 5.94. The van der Waals surface area contributed by atoms with Gasteiger partial charge in [-0.25, -0.2) is 0 Å². The van der Waals surface area contributed by atoms with Crippen LogP contribution >= 0.6 is 0 Å². The van der Waals surface area contributed by atoms with Crippen molar-refractivity contribution in [3.8, 4) is 0 Å². The van der Waals surface area contributed by atoms with Crippen LogP contribution in [0.5, 0.6) is 0 Å². The number of aromatic nitrogens is 2. The lowest BCUT2D eigenvalue weighted by molar-refractivity contribution is -0.139. The Labute approximate surface area is 199 Å². The number of carbonyl (C=O) groups is 4. The van der Waals surface area contributed by atoms with E-state index in [0.717, 1.165) is 0 Å². The number of carboxylic acids is 2. The lowest BCUT2D eigenvalue weighted by Crippen LogP contribution is -2.32. The van der Waals surface area contributed by atoms with Crippen LogP contribution in [0.25, 0.3) is 21.8 Å². The molecule has 4 aromatic rings. The van der Waals surface area contributed by atoms with Crippen LogP contribution < -0.4 is 11.5 Å². The van der Waals surface area contributed by atoms with Gasteiger partial charge in [0.15, 0.2) is 0 Å². The summed E-state index contributed by atoms with van der Waals surface area (Å²) in [4.78, 5) is 48.8. The van der Waals surface area contributed by atoms with E-state index in [0.29, 0.717) is 32.9 Å². The van der Waals surface area contributed by atoms with Crippen molar-refractivity contribution in [2.24, 2.45) is 11.5 Å². The first-order valence-electron chi connectivity index (χ1n) is 10.9. The molecule has 180 valence electrons. The largest absolute Gasteiger partial charge is 0.480 e. The van der Waals surface area contributed by atoms with Crippen molar-refractivity contribution in [1.82, 2.24) is 9.13 Å². The van der Waals surface area contributed by atoms with Gasteiger partial charge >= 0.3 is 11.9 Å². The fraction of sp³-hybridized carbons (Fsp3) is 0.200. The molecule has 0 saturated carbocycles. The Bertz CT molecular complexity index is 1360. The van der Waals surface area contributed by atoms with Gasteiger partial charge in [0.05, 0.1) is 11.0 Å². The van der Waals surface area contributed by atoms with Crippen molar-refractivity contribution in [2.45, 2.75) is 31.3 Å². The summed E-state index contributed by atoms with van der Waals surface area (Å²) in [6.07, 6.45) is 2.63. The van der Waals surface area contributed by atoms with Crippen LogP contribution in [-0.4, -0.2) is 55.2 Å². The Hall–Kier alpha value is -4.28. The lowest BCUT2D eigenvalue weighted by Gasteiger charge is -2.06. The lowest BCUT2D eigenvalue weighted by atomic mass is 10.1. The molecule has 0 amide bonds. The van der Waals surface area contributed by atoms with E-state index >= 15 is 0 Å². The topological polar surface area (TPSA) is 171 Å². The number of para-hydroxylation sites is 2. The number of rotatable bonds is 8. The number of fused-ring (bicyclic) bond motifs is 2. The summed E-state index contributed by atoms with van der Waals surface area (Å²) in [6.45, 7) is 0. The van der Waals surface area contributed by atoms with Gasteiger partial charge < -0.3 is 21.7 Å². The molecular weight excluding hydrogens is 452 g/mol. The summed E-state index contributed by atoms with van der Waals surface area (Å²) in [7, 11) is 0. The number of nitrogens with zero attached hydrogens (tertiary/aromatic N) is 2. The van der Waals surface area contributed by atoms with Crippen LogP contribution in [0.15, 0.2) is 60.9 Å². The van der Waals surface area contributed by atoms with Crippen molar-refractivity contribution in [3.05, 3.63) is 72.1 Å². The van der Waals surface area contributed by atoms with Gasteiger partial charge in [-0.3, -0.25) is 28.3 Å². The summed E-state index contributed by atoms with van der Waals surface area (Å²) < 4.78 is 2.67. The molecule has 0 aliphatic rings. The van der Waals surface area contributed by atoms with Crippen molar-refractivity contribution >= 4 is 45.6 Å². The van der Waals surface area contributed by atoms with E-state index in [2.05, 4.69) is 0 Å². The number of carboxylic acid groups (broad SMARTS) is 2. The maximum absolute atomic E-state index is 13.2. The SMILES string of the molecule is NC(Cc1cn(C(=O)CC(=O)n2cc(CC(N)C(=O)O)c3ccccc32)c2ccccc12)C(=O)O. The van der Waals surface area contributed by atoms with Gasteiger partial charge in [0, 0.05) is 36.0 Å². The summed E-state index contributed by atoms with van der Waals surface area (Å²) in [6, 6.07) is 11.7. The highest BCUT2D eigenvalue weighted by Crippen LogP contribution is 2.25. The normalized spacial score (nSPS) is 13.1. The highest BCUT2D eigenvalue weighted by atomic mass is 16.4. The van der Waals surface area contributed by atoms with Gasteiger partial charge in [0.2, 0.25) is 11.8 Å². The van der Waals surface area contributed by atoms with Gasteiger partial charge in [-0.05, 0) is 23.3 Å². The van der Waals surface area contributed by atoms with Crippen LogP contribution in [0.2, 0.25) is 0 Å². The first kappa shape index (κ1) is 23.9. The quantitative estimate of drug-likeness (QED) is 0.279. The fourth-order valence-corrected chi connectivity index (χ4v) is 4.19. The molecule has 0 fully saturated rings. The maximum Gasteiger partial charge on any atom is 0.320 e. The molecule has 0 saturated heterocycles. The fourth-order valence-electron chi connectivity index (χ4n) is 4.19. The zero-order chi connectivity index (χ0) is 25.3. The summed E-state index contributed by atoms with van der Waals surface area (Å²) >= 11 is 0. The second-order valence-corrected chi connectivity index (χ2v) is 8.34. The van der Waals surface area contributed by atoms with E-state index < -0.39 is 42.3 Å². The average Bonchev–Trinajstić information content (AvgIpc) is 3.38. The Kier molecular flexibility index (Phi) is 6.50. The Balaban J connectivity index is 1.65. The Morgan fingerprint density at radius 1 is 0.686 bits per heavy atom. The average molecular weight is 476 g/mol. The van der Waals surface area contributed by atoms with Crippen LogP contribution in [0, 0.1) is 0 Å². The minimum Gasteiger partial charge on any atom is -0.480 e. The summed E-state index contributed by atoms with van der Waals surface area (Å²) in [5.74, 6) is -3.30. The summed E-state index contributed by atoms with van der Waals surface area (Å²) in [5, 5.41) is 19.7. The standard InChI is InChI=1S/C25H24N4O6/c26-18(24(32)33)9-14-12-28(20-7-3-1-5-16(14)20)22(30)11-23(31)29-13-15(10-19(27)25(34)35)17-6-2-4-8-21(17)29/h1-8,12-13,18-19H,9-11,26-27H2,(H,32,33)(H,34,35). The molecule has 2 aromatic heterocycles. The molecule has 0 radical (unpaired) electrons. The van der Waals surface area contributed by atoms with Gasteiger partial charge in [-0.15, -0.1) is 0 Å². The number of aliphatic carboxylic acids is 2. The predicted molar refractivity (Wildman–Crippen MR) is 128 cm³/mol. The molecular formula is C25H24N4O6. The molecule has 0 bridgehead atoms. The highest BCUT2D eigenvalue weighted by Gasteiger charge is 2.23. The summed E-state index contributed by atoms with van der Waals surface area (Å²) in [5.41, 5.74) is 13.7. The number of benzene rings is 2. The molecule has 0 aliphatic heterocycles. The van der Waals surface area contributed by atoms with Crippen LogP contribution in [0.4, 0.5) is 0 Å². The number of nitrogens with two attached hydrogens (primary N) is 2. The second-order valence-electron chi connectivity index (χ2n) is 8.34. The molecule has 6 N–H and O–H groups in total. The van der Waals surface area contributed by atoms with E-state index in [9.17, 15) is 19.2 Å². The second kappa shape index (κ2) is 9.53. The van der Waals surface area contributed by atoms with Crippen molar-refractivity contribution in [2.75, 3.05) is 0 Å². The molecule has 2 atom stereocenters. The number of hydrogen-bond donors (Lipinski definition) is 4. The number of carbonyl (C=O) groups excluding carboxylic acids is 2. The van der Waals surface area contributed by atoms with Crippen molar-refractivity contribution in [3.63, 3.8) is 0 Å². The monoisotopic (exact) mass is 476 g/mol. The third-order valence-corrected chi connectivity index (χ3v) is 5.94. The molecule has 4 rings (SSSR count). The minimum absolute atomic E-state index is 0.0273. The van der Waals surface area contributed by atoms with E-state index in [-0.39, 0.29) is 12.8 Å². The molecule has 2 aromatic carbocycles. The molecule has 10 heteroatoms. The zero-order valence-corrected chi connectivity index (χ0v) is 18.6. The first-order valence-corrected chi connectivity index (χ1v) is 10.9. The first-order chi connectivity index (χ1) is 16.7. The predicted octanol–water partition coefficient (Wildman–Crippen LogP) is 1.88. The van der Waals surface area contributed by atoms with Crippen molar-refractivity contribution in [1.29, 1.82) is 0 Å². The van der Waals surface area contributed by atoms with Crippen LogP contribution in [0.1, 0.15) is 27.1 Å². The van der Waals surface area contributed by atoms with E-state index in [1.807, 2.05) is 0 Å².